The van der Waals surface area contributed by atoms with Crippen molar-refractivity contribution in [2.75, 3.05) is 11.9 Å². The van der Waals surface area contributed by atoms with Crippen molar-refractivity contribution >= 4 is 5.69 Å². The summed E-state index contributed by atoms with van der Waals surface area (Å²) in [5.74, 6) is 0. The van der Waals surface area contributed by atoms with Crippen LogP contribution in [-0.4, -0.2) is 31.0 Å². The van der Waals surface area contributed by atoms with Crippen molar-refractivity contribution in [2.24, 2.45) is 0 Å². The molecule has 1 saturated heterocycles. The number of ether oxygens (including phenoxy) is 5. The highest BCUT2D eigenvalue weighted by Crippen LogP contribution is 2.53. The van der Waals surface area contributed by atoms with Gasteiger partial charge in [-0.25, -0.2) is 0 Å². The topological polar surface area (TPSA) is 58.2 Å². The van der Waals surface area contributed by atoms with Gasteiger partial charge in [0.05, 0.1) is 39.1 Å². The van der Waals surface area contributed by atoms with Crippen molar-refractivity contribution in [1.29, 1.82) is 0 Å². The Hall–Kier alpha value is -5.08. The fourth-order valence-corrected chi connectivity index (χ4v) is 7.85. The molecule has 0 amide bonds. The van der Waals surface area contributed by atoms with E-state index in [-0.39, 0.29) is 6.04 Å². The molecule has 6 aromatic carbocycles. The van der Waals surface area contributed by atoms with Crippen molar-refractivity contribution in [2.45, 2.75) is 68.9 Å². The zero-order valence-corrected chi connectivity index (χ0v) is 30.4. The third kappa shape index (κ3) is 8.34. The van der Waals surface area contributed by atoms with Crippen LogP contribution in [0.2, 0.25) is 0 Å². The van der Waals surface area contributed by atoms with E-state index in [1.807, 2.05) is 72.8 Å². The van der Waals surface area contributed by atoms with Crippen LogP contribution in [0.4, 0.5) is 5.69 Å². The normalized spacial score (nSPS) is 23.4. The first-order valence-electron chi connectivity index (χ1n) is 18.9. The summed E-state index contributed by atoms with van der Waals surface area (Å²) in [6.45, 7) is 1.91. The summed E-state index contributed by atoms with van der Waals surface area (Å²) in [4.78, 5) is 0. The first-order valence-corrected chi connectivity index (χ1v) is 18.9. The average Bonchev–Trinajstić information content (AvgIpc) is 3.24. The van der Waals surface area contributed by atoms with Crippen LogP contribution < -0.4 is 5.32 Å². The van der Waals surface area contributed by atoms with E-state index in [0.717, 1.165) is 33.5 Å². The Morgan fingerprint density at radius 2 is 0.963 bits per heavy atom. The van der Waals surface area contributed by atoms with E-state index in [9.17, 15) is 0 Å². The number of anilines is 1. The summed E-state index contributed by atoms with van der Waals surface area (Å²) in [6.07, 6.45) is -1.48. The van der Waals surface area contributed by atoms with Crippen LogP contribution in [0.1, 0.15) is 45.8 Å². The number of rotatable bonds is 14. The van der Waals surface area contributed by atoms with Crippen LogP contribution in [0, 0.1) is 0 Å². The Labute approximate surface area is 318 Å². The molecule has 1 N–H and O–H groups in total. The summed E-state index contributed by atoms with van der Waals surface area (Å²) in [5, 5.41) is 3.85. The van der Waals surface area contributed by atoms with E-state index in [4.69, 9.17) is 23.7 Å². The summed E-state index contributed by atoms with van der Waals surface area (Å²) < 4.78 is 35.5. The largest absolute Gasteiger partial charge is 0.378 e. The molecule has 0 saturated carbocycles. The lowest BCUT2D eigenvalue weighted by Crippen LogP contribution is -2.66. The number of hydrogen-bond acceptors (Lipinski definition) is 6. The second-order valence-electron chi connectivity index (χ2n) is 14.1. The van der Waals surface area contributed by atoms with Gasteiger partial charge in [-0.2, -0.15) is 0 Å². The van der Waals surface area contributed by atoms with Crippen LogP contribution in [0.25, 0.3) is 0 Å². The molecule has 6 atom stereocenters. The van der Waals surface area contributed by atoms with Gasteiger partial charge in [0.15, 0.2) is 0 Å². The highest BCUT2D eigenvalue weighted by Gasteiger charge is 2.60. The second kappa shape index (κ2) is 17.4. The lowest BCUT2D eigenvalue weighted by atomic mass is 9.72. The zero-order chi connectivity index (χ0) is 36.4. The Balaban J connectivity index is 1.24. The first-order chi connectivity index (χ1) is 26.7. The molecule has 0 aliphatic carbocycles. The maximum atomic E-state index is 7.62. The molecule has 274 valence electrons. The smallest absolute Gasteiger partial charge is 0.127 e. The van der Waals surface area contributed by atoms with Crippen LogP contribution >= 0.6 is 0 Å². The van der Waals surface area contributed by atoms with Gasteiger partial charge in [0.25, 0.3) is 0 Å². The highest BCUT2D eigenvalue weighted by atomic mass is 16.6. The number of para-hydroxylation sites is 1. The molecule has 2 heterocycles. The van der Waals surface area contributed by atoms with Crippen LogP contribution in [-0.2, 0) is 55.7 Å². The standard InChI is InChI=1S/C48H47NO5/c1-6-18-36(19-7-1)31-50-35-44-45(51-32-37-20-8-2-9-21-37)46(52-33-38-22-10-3-11-23-38)47(53-34-39-24-12-4-13-25-39)48(54-44)30-43(40-26-14-5-15-27-40)49-42-29-17-16-28-41(42)48/h1-29,43-47,49H,30-35H2/t43-,44-,45-,46+,47-,48-/m1/s1. The minimum atomic E-state index is -0.925. The first kappa shape index (κ1) is 35.9. The van der Waals surface area contributed by atoms with Crippen molar-refractivity contribution < 1.29 is 23.7 Å². The average molecular weight is 718 g/mol. The molecule has 0 unspecified atom stereocenters. The SMILES string of the molecule is c1ccc(COC[C@H]2O[C@@]3(C[C@H](c4ccccc4)Nc4ccccc43)[C@H](OCc3ccccc3)[C@@H](OCc3ccccc3)[C@@H]2OCc2ccccc2)cc1. The summed E-state index contributed by atoms with van der Waals surface area (Å²) in [5.41, 5.74) is 6.63. The molecule has 0 aromatic heterocycles. The second-order valence-corrected chi connectivity index (χ2v) is 14.1. The Morgan fingerprint density at radius 1 is 0.500 bits per heavy atom. The number of fused-ring (bicyclic) bond motifs is 2. The van der Waals surface area contributed by atoms with E-state index >= 15 is 0 Å². The van der Waals surface area contributed by atoms with Gasteiger partial charge in [-0.15, -0.1) is 0 Å². The van der Waals surface area contributed by atoms with Crippen LogP contribution in [0.15, 0.2) is 176 Å². The Morgan fingerprint density at radius 3 is 1.54 bits per heavy atom. The number of nitrogens with one attached hydrogen (secondary N) is 1. The van der Waals surface area contributed by atoms with Crippen molar-refractivity contribution in [3.05, 3.63) is 209 Å². The van der Waals surface area contributed by atoms with Gasteiger partial charge in [-0.3, -0.25) is 0 Å². The zero-order valence-electron chi connectivity index (χ0n) is 30.4. The van der Waals surface area contributed by atoms with Gasteiger partial charge < -0.3 is 29.0 Å². The molecular formula is C48H47NO5. The summed E-state index contributed by atoms with van der Waals surface area (Å²) in [7, 11) is 0. The number of hydrogen-bond donors (Lipinski definition) is 1. The van der Waals surface area contributed by atoms with E-state index in [1.165, 1.54) is 5.56 Å². The molecule has 8 rings (SSSR count). The molecule has 6 nitrogen and oxygen atoms in total. The maximum Gasteiger partial charge on any atom is 0.127 e. The van der Waals surface area contributed by atoms with E-state index in [1.54, 1.807) is 0 Å². The lowest BCUT2D eigenvalue weighted by molar-refractivity contribution is -0.316. The van der Waals surface area contributed by atoms with Crippen LogP contribution in [0.3, 0.4) is 0 Å². The molecule has 54 heavy (non-hydrogen) atoms. The van der Waals surface area contributed by atoms with Crippen molar-refractivity contribution in [1.82, 2.24) is 0 Å². The van der Waals surface area contributed by atoms with Gasteiger partial charge in [0.2, 0.25) is 0 Å². The lowest BCUT2D eigenvalue weighted by Gasteiger charge is -2.56. The maximum absolute atomic E-state index is 7.62. The molecule has 6 aromatic rings. The predicted octanol–water partition coefficient (Wildman–Crippen LogP) is 9.81. The molecule has 0 bridgehead atoms. The minimum Gasteiger partial charge on any atom is -0.378 e. The molecule has 6 heteroatoms. The Bertz CT molecular complexity index is 2010. The van der Waals surface area contributed by atoms with Gasteiger partial charge in [-0.05, 0) is 33.9 Å². The van der Waals surface area contributed by atoms with E-state index < -0.39 is 30.0 Å². The quantitative estimate of drug-likeness (QED) is 0.121. The van der Waals surface area contributed by atoms with E-state index in [2.05, 4.69) is 108 Å². The van der Waals surface area contributed by atoms with Crippen molar-refractivity contribution in [3.63, 3.8) is 0 Å². The minimum absolute atomic E-state index is 0.0497. The van der Waals surface area contributed by atoms with Crippen LogP contribution in [0.5, 0.6) is 0 Å². The third-order valence-corrected chi connectivity index (χ3v) is 10.5. The predicted molar refractivity (Wildman–Crippen MR) is 212 cm³/mol. The molecule has 2 aliphatic heterocycles. The summed E-state index contributed by atoms with van der Waals surface area (Å²) in [6, 6.07) is 60.2. The molecule has 1 fully saturated rings. The summed E-state index contributed by atoms with van der Waals surface area (Å²) >= 11 is 0. The van der Waals surface area contributed by atoms with Gasteiger partial charge in [0.1, 0.15) is 30.0 Å². The fourth-order valence-electron chi connectivity index (χ4n) is 7.85. The molecular weight excluding hydrogens is 671 g/mol. The Kier molecular flexibility index (Phi) is 11.6. The third-order valence-electron chi connectivity index (χ3n) is 10.5. The van der Waals surface area contributed by atoms with E-state index in [0.29, 0.717) is 39.5 Å². The molecule has 0 radical (unpaired) electrons. The monoisotopic (exact) mass is 717 g/mol. The van der Waals surface area contributed by atoms with Crippen molar-refractivity contribution in [3.8, 4) is 0 Å². The highest BCUT2D eigenvalue weighted by molar-refractivity contribution is 5.59. The van der Waals surface area contributed by atoms with Gasteiger partial charge in [0, 0.05) is 17.7 Å². The van der Waals surface area contributed by atoms with Gasteiger partial charge in [-0.1, -0.05) is 170 Å². The van der Waals surface area contributed by atoms with Gasteiger partial charge >= 0.3 is 0 Å². The molecule has 2 aliphatic rings. The number of benzene rings is 6. The fraction of sp³-hybridized carbons (Fsp3) is 0.250. The molecule has 1 spiro atoms.